The Balaban J connectivity index is 1.38. The van der Waals surface area contributed by atoms with Crippen LogP contribution in [0.2, 0.25) is 0 Å². The molecule has 0 radical (unpaired) electrons. The molecule has 0 unspecified atom stereocenters. The van der Waals surface area contributed by atoms with Gasteiger partial charge in [-0.2, -0.15) is 0 Å². The molecule has 0 saturated carbocycles. The van der Waals surface area contributed by atoms with Crippen molar-refractivity contribution in [3.63, 3.8) is 0 Å². The molecule has 3 aromatic rings. The summed E-state index contributed by atoms with van der Waals surface area (Å²) < 4.78 is 4.89. The van der Waals surface area contributed by atoms with Gasteiger partial charge in [0.05, 0.1) is 18.8 Å². The molecule has 0 spiro atoms. The summed E-state index contributed by atoms with van der Waals surface area (Å²) in [4.78, 5) is 31.8. The second kappa shape index (κ2) is 8.59. The number of benzene rings is 2. The fraction of sp³-hybridized carbons (Fsp3) is 0.286. The Kier molecular flexibility index (Phi) is 5.73. The minimum atomic E-state index is -0.495. The Bertz CT molecular complexity index is 1040. The maximum atomic E-state index is 12.6. The Morgan fingerprint density at radius 3 is 2.86 bits per heavy atom. The first-order chi connectivity index (χ1) is 14.1. The molecule has 0 saturated heterocycles. The van der Waals surface area contributed by atoms with Crippen LogP contribution in [0.3, 0.4) is 0 Å². The summed E-state index contributed by atoms with van der Waals surface area (Å²) in [5.74, 6) is -0.0424. The third-order valence-corrected chi connectivity index (χ3v) is 5.72. The SMILES string of the molecule is CCOC(=O)Nc1nc2c(s1)CN(CC(=O)Nc1cccc3ccccc13)CC2. The third kappa shape index (κ3) is 4.55. The fourth-order valence-corrected chi connectivity index (χ4v) is 4.45. The van der Waals surface area contributed by atoms with Crippen molar-refractivity contribution in [2.75, 3.05) is 30.3 Å². The van der Waals surface area contributed by atoms with Crippen LogP contribution in [-0.4, -0.2) is 41.6 Å². The highest BCUT2D eigenvalue weighted by Crippen LogP contribution is 2.28. The van der Waals surface area contributed by atoms with Crippen LogP contribution < -0.4 is 10.6 Å². The molecule has 8 heteroatoms. The van der Waals surface area contributed by atoms with Crippen LogP contribution in [-0.2, 0) is 22.5 Å². The highest BCUT2D eigenvalue weighted by Gasteiger charge is 2.23. The van der Waals surface area contributed by atoms with Crippen LogP contribution in [0.15, 0.2) is 42.5 Å². The second-order valence-electron chi connectivity index (χ2n) is 6.77. The average Bonchev–Trinajstić information content (AvgIpc) is 3.09. The number of carbonyl (C=O) groups is 2. The summed E-state index contributed by atoms with van der Waals surface area (Å²) in [7, 11) is 0. The monoisotopic (exact) mass is 410 g/mol. The number of ether oxygens (including phenoxy) is 1. The molecule has 0 atom stereocenters. The Morgan fingerprint density at radius 2 is 2.00 bits per heavy atom. The van der Waals surface area contributed by atoms with Gasteiger partial charge in [0.2, 0.25) is 5.91 Å². The van der Waals surface area contributed by atoms with Gasteiger partial charge in [0.25, 0.3) is 0 Å². The Hall–Kier alpha value is -2.97. The first-order valence-corrected chi connectivity index (χ1v) is 10.4. The van der Waals surface area contributed by atoms with E-state index in [0.717, 1.165) is 40.0 Å². The lowest BCUT2D eigenvalue weighted by atomic mass is 10.1. The van der Waals surface area contributed by atoms with Gasteiger partial charge in [0.15, 0.2) is 5.13 Å². The van der Waals surface area contributed by atoms with E-state index >= 15 is 0 Å². The van der Waals surface area contributed by atoms with Gasteiger partial charge < -0.3 is 10.1 Å². The van der Waals surface area contributed by atoms with Gasteiger partial charge in [-0.25, -0.2) is 9.78 Å². The molecule has 150 valence electrons. The van der Waals surface area contributed by atoms with Crippen molar-refractivity contribution < 1.29 is 14.3 Å². The molecule has 2 amide bonds. The molecule has 29 heavy (non-hydrogen) atoms. The van der Waals surface area contributed by atoms with E-state index in [-0.39, 0.29) is 5.91 Å². The highest BCUT2D eigenvalue weighted by atomic mass is 32.1. The molecular weight excluding hydrogens is 388 g/mol. The van der Waals surface area contributed by atoms with Crippen molar-refractivity contribution in [2.24, 2.45) is 0 Å². The lowest BCUT2D eigenvalue weighted by molar-refractivity contribution is -0.117. The number of hydrogen-bond acceptors (Lipinski definition) is 6. The molecule has 2 aromatic carbocycles. The minimum Gasteiger partial charge on any atom is -0.450 e. The van der Waals surface area contributed by atoms with Gasteiger partial charge in [0.1, 0.15) is 0 Å². The second-order valence-corrected chi connectivity index (χ2v) is 7.85. The van der Waals surface area contributed by atoms with Gasteiger partial charge >= 0.3 is 6.09 Å². The summed E-state index contributed by atoms with van der Waals surface area (Å²) in [6.07, 6.45) is 0.252. The molecular formula is C21H22N4O3S. The van der Waals surface area contributed by atoms with Crippen molar-refractivity contribution in [2.45, 2.75) is 19.9 Å². The summed E-state index contributed by atoms with van der Waals surface area (Å²) in [5, 5.41) is 8.35. The van der Waals surface area contributed by atoms with Gasteiger partial charge in [-0.05, 0) is 18.4 Å². The zero-order valence-corrected chi connectivity index (χ0v) is 16.9. The third-order valence-electron chi connectivity index (χ3n) is 4.73. The van der Waals surface area contributed by atoms with Crippen LogP contribution >= 0.6 is 11.3 Å². The lowest BCUT2D eigenvalue weighted by Gasteiger charge is -2.25. The van der Waals surface area contributed by atoms with Crippen molar-refractivity contribution in [1.82, 2.24) is 9.88 Å². The molecule has 1 aliphatic rings. The summed E-state index contributed by atoms with van der Waals surface area (Å²) in [6, 6.07) is 13.9. The van der Waals surface area contributed by atoms with Gasteiger partial charge in [-0.3, -0.25) is 15.0 Å². The molecule has 1 aromatic heterocycles. The van der Waals surface area contributed by atoms with Crippen molar-refractivity contribution >= 4 is 44.9 Å². The van der Waals surface area contributed by atoms with Crippen LogP contribution in [0.4, 0.5) is 15.6 Å². The van der Waals surface area contributed by atoms with E-state index in [9.17, 15) is 9.59 Å². The maximum Gasteiger partial charge on any atom is 0.413 e. The zero-order valence-electron chi connectivity index (χ0n) is 16.1. The van der Waals surface area contributed by atoms with Gasteiger partial charge in [-0.1, -0.05) is 47.7 Å². The van der Waals surface area contributed by atoms with E-state index in [1.807, 2.05) is 42.5 Å². The molecule has 2 N–H and O–H groups in total. The average molecular weight is 410 g/mol. The molecule has 0 bridgehead atoms. The first kappa shape index (κ1) is 19.4. The van der Waals surface area contributed by atoms with E-state index in [4.69, 9.17) is 4.74 Å². The van der Waals surface area contributed by atoms with Gasteiger partial charge in [-0.15, -0.1) is 0 Å². The van der Waals surface area contributed by atoms with E-state index in [1.54, 1.807) is 6.92 Å². The summed E-state index contributed by atoms with van der Waals surface area (Å²) in [5.41, 5.74) is 1.80. The minimum absolute atomic E-state index is 0.0424. The zero-order chi connectivity index (χ0) is 20.2. The number of rotatable bonds is 5. The Morgan fingerprint density at radius 1 is 1.17 bits per heavy atom. The predicted octanol–water partition coefficient (Wildman–Crippen LogP) is 3.86. The largest absolute Gasteiger partial charge is 0.450 e. The van der Waals surface area contributed by atoms with Crippen molar-refractivity contribution in [1.29, 1.82) is 0 Å². The molecule has 0 fully saturated rings. The van der Waals surface area contributed by atoms with Crippen LogP contribution in [0, 0.1) is 0 Å². The number of hydrogen-bond donors (Lipinski definition) is 2. The standard InChI is InChI=1S/C21H22N4O3S/c1-2-28-21(27)24-20-23-17-10-11-25(12-18(17)29-20)13-19(26)22-16-9-5-7-14-6-3-4-8-15(14)16/h3-9H,2,10-13H2,1H3,(H,22,26)(H,23,24,27). The van der Waals surface area contributed by atoms with Crippen LogP contribution in [0.5, 0.6) is 0 Å². The topological polar surface area (TPSA) is 83.6 Å². The van der Waals surface area contributed by atoms with Crippen LogP contribution in [0.1, 0.15) is 17.5 Å². The maximum absolute atomic E-state index is 12.6. The molecule has 2 heterocycles. The number of aromatic nitrogens is 1. The smallest absolute Gasteiger partial charge is 0.413 e. The number of amides is 2. The molecule has 4 rings (SSSR count). The van der Waals surface area contributed by atoms with Gasteiger partial charge in [0, 0.05) is 35.5 Å². The molecule has 0 aliphatic carbocycles. The van der Waals surface area contributed by atoms with E-state index in [0.29, 0.717) is 24.8 Å². The highest BCUT2D eigenvalue weighted by molar-refractivity contribution is 7.15. The summed E-state index contributed by atoms with van der Waals surface area (Å²) in [6.45, 7) is 3.77. The number of nitrogens with one attached hydrogen (secondary N) is 2. The number of thiazole rings is 1. The normalized spacial score (nSPS) is 13.7. The quantitative estimate of drug-likeness (QED) is 0.667. The number of anilines is 2. The number of fused-ring (bicyclic) bond motifs is 2. The van der Waals surface area contributed by atoms with Crippen LogP contribution in [0.25, 0.3) is 10.8 Å². The van der Waals surface area contributed by atoms with E-state index in [1.165, 1.54) is 11.3 Å². The Labute approximate surface area is 172 Å². The number of carbonyl (C=O) groups excluding carboxylic acids is 2. The van der Waals surface area contributed by atoms with Crippen molar-refractivity contribution in [3.8, 4) is 0 Å². The first-order valence-electron chi connectivity index (χ1n) is 9.54. The number of nitrogens with zero attached hydrogens (tertiary/aromatic N) is 2. The lowest BCUT2D eigenvalue weighted by Crippen LogP contribution is -2.36. The summed E-state index contributed by atoms with van der Waals surface area (Å²) >= 11 is 1.43. The fourth-order valence-electron chi connectivity index (χ4n) is 3.42. The molecule has 7 nitrogen and oxygen atoms in total. The van der Waals surface area contributed by atoms with E-state index < -0.39 is 6.09 Å². The predicted molar refractivity (Wildman–Crippen MR) is 114 cm³/mol. The molecule has 1 aliphatic heterocycles. The van der Waals surface area contributed by atoms with E-state index in [2.05, 4.69) is 20.5 Å². The van der Waals surface area contributed by atoms with Crippen molar-refractivity contribution in [3.05, 3.63) is 53.0 Å².